The Morgan fingerprint density at radius 3 is 1.77 bits per heavy atom. The van der Waals surface area contributed by atoms with Gasteiger partial charge in [-0.3, -0.25) is 0 Å². The fraction of sp³-hybridized carbons (Fsp3) is 0.500. The van der Waals surface area contributed by atoms with E-state index in [9.17, 15) is 0 Å². The zero-order valence-electron chi connectivity index (χ0n) is 18.7. The van der Waals surface area contributed by atoms with E-state index >= 15 is 0 Å². The van der Waals surface area contributed by atoms with Gasteiger partial charge in [0, 0.05) is 11.1 Å². The zero-order valence-corrected chi connectivity index (χ0v) is 18.7. The van der Waals surface area contributed by atoms with Crippen molar-refractivity contribution in [3.63, 3.8) is 0 Å². The molecule has 0 heterocycles. The summed E-state index contributed by atoms with van der Waals surface area (Å²) in [6.45, 7) is 5.99. The van der Waals surface area contributed by atoms with Gasteiger partial charge >= 0.3 is 0 Å². The summed E-state index contributed by atoms with van der Waals surface area (Å²) in [4.78, 5) is 0. The Kier molecular flexibility index (Phi) is 9.16. The summed E-state index contributed by atoms with van der Waals surface area (Å²) >= 11 is 0. The molecule has 0 amide bonds. The maximum absolute atomic E-state index is 6.06. The molecule has 1 aliphatic rings. The van der Waals surface area contributed by atoms with Gasteiger partial charge in [-0.2, -0.15) is 0 Å². The number of hydrogen-bond donors (Lipinski definition) is 0. The van der Waals surface area contributed by atoms with E-state index in [1.165, 1.54) is 44.9 Å². The van der Waals surface area contributed by atoms with E-state index in [4.69, 9.17) is 9.47 Å². The molecule has 0 spiro atoms. The molecule has 0 radical (unpaired) electrons. The molecule has 30 heavy (non-hydrogen) atoms. The van der Waals surface area contributed by atoms with Crippen LogP contribution in [-0.4, -0.2) is 13.2 Å². The van der Waals surface area contributed by atoms with Crippen molar-refractivity contribution < 1.29 is 9.47 Å². The van der Waals surface area contributed by atoms with Gasteiger partial charge in [-0.25, -0.2) is 0 Å². The van der Waals surface area contributed by atoms with Crippen LogP contribution in [0.25, 0.3) is 0 Å². The van der Waals surface area contributed by atoms with Gasteiger partial charge in [0.15, 0.2) is 0 Å². The SMILES string of the molecule is CCCCC1CCC(COc2ccc(C#Cc3ccc(OCCC)cc3)cc2)CC1. The Bertz CT molecular complexity index is 787. The minimum absolute atomic E-state index is 0.714. The minimum atomic E-state index is 0.714. The van der Waals surface area contributed by atoms with Crippen molar-refractivity contribution in [1.29, 1.82) is 0 Å². The lowest BCUT2D eigenvalue weighted by atomic mass is 9.80. The predicted octanol–water partition coefficient (Wildman–Crippen LogP) is 7.25. The molecule has 1 aliphatic carbocycles. The smallest absolute Gasteiger partial charge is 0.119 e. The zero-order chi connectivity index (χ0) is 21.0. The predicted molar refractivity (Wildman–Crippen MR) is 125 cm³/mol. The highest BCUT2D eigenvalue weighted by Crippen LogP contribution is 2.32. The first kappa shape index (κ1) is 22.3. The van der Waals surface area contributed by atoms with Crippen LogP contribution in [-0.2, 0) is 0 Å². The Balaban J connectivity index is 1.43. The van der Waals surface area contributed by atoms with Gasteiger partial charge in [0.1, 0.15) is 11.5 Å². The van der Waals surface area contributed by atoms with Crippen LogP contribution in [0.2, 0.25) is 0 Å². The molecular formula is C28H36O2. The van der Waals surface area contributed by atoms with Gasteiger partial charge in [-0.05, 0) is 79.6 Å². The molecule has 2 aromatic rings. The van der Waals surface area contributed by atoms with Crippen molar-refractivity contribution in [3.05, 3.63) is 59.7 Å². The molecule has 1 fully saturated rings. The molecule has 0 unspecified atom stereocenters. The molecule has 0 atom stereocenters. The molecule has 1 saturated carbocycles. The summed E-state index contributed by atoms with van der Waals surface area (Å²) in [5.41, 5.74) is 2.00. The average molecular weight is 405 g/mol. The summed E-state index contributed by atoms with van der Waals surface area (Å²) in [5, 5.41) is 0. The van der Waals surface area contributed by atoms with E-state index in [0.717, 1.165) is 48.2 Å². The second kappa shape index (κ2) is 12.3. The topological polar surface area (TPSA) is 18.5 Å². The highest BCUT2D eigenvalue weighted by molar-refractivity contribution is 5.45. The molecule has 0 saturated heterocycles. The van der Waals surface area contributed by atoms with E-state index < -0.39 is 0 Å². The average Bonchev–Trinajstić information content (AvgIpc) is 2.80. The van der Waals surface area contributed by atoms with Crippen molar-refractivity contribution in [1.82, 2.24) is 0 Å². The summed E-state index contributed by atoms with van der Waals surface area (Å²) in [7, 11) is 0. The fourth-order valence-electron chi connectivity index (χ4n) is 4.03. The van der Waals surface area contributed by atoms with E-state index in [1.807, 2.05) is 48.5 Å². The molecule has 2 aromatic carbocycles. The van der Waals surface area contributed by atoms with E-state index in [0.29, 0.717) is 5.92 Å². The first-order chi connectivity index (χ1) is 14.8. The monoisotopic (exact) mass is 404 g/mol. The van der Waals surface area contributed by atoms with E-state index in [1.54, 1.807) is 0 Å². The normalized spacial score (nSPS) is 18.3. The third-order valence-corrected chi connectivity index (χ3v) is 5.95. The highest BCUT2D eigenvalue weighted by Gasteiger charge is 2.21. The quantitative estimate of drug-likeness (QED) is 0.410. The molecule has 2 nitrogen and oxygen atoms in total. The lowest BCUT2D eigenvalue weighted by molar-refractivity contribution is 0.178. The molecule has 0 aliphatic heterocycles. The van der Waals surface area contributed by atoms with Gasteiger partial charge in [0.2, 0.25) is 0 Å². The minimum Gasteiger partial charge on any atom is -0.494 e. The number of rotatable bonds is 9. The van der Waals surface area contributed by atoms with Crippen LogP contribution in [0.15, 0.2) is 48.5 Å². The fourth-order valence-corrected chi connectivity index (χ4v) is 4.03. The van der Waals surface area contributed by atoms with Crippen molar-refractivity contribution in [2.75, 3.05) is 13.2 Å². The third kappa shape index (κ3) is 7.45. The summed E-state index contributed by atoms with van der Waals surface area (Å²) in [5.74, 6) is 9.97. The van der Waals surface area contributed by atoms with Gasteiger partial charge in [0.25, 0.3) is 0 Å². The van der Waals surface area contributed by atoms with Crippen LogP contribution in [0.5, 0.6) is 11.5 Å². The second-order valence-electron chi connectivity index (χ2n) is 8.49. The third-order valence-electron chi connectivity index (χ3n) is 5.95. The molecule has 2 heteroatoms. The van der Waals surface area contributed by atoms with Crippen molar-refractivity contribution in [2.45, 2.75) is 65.2 Å². The van der Waals surface area contributed by atoms with Gasteiger partial charge in [-0.15, -0.1) is 0 Å². The Morgan fingerprint density at radius 2 is 1.23 bits per heavy atom. The summed E-state index contributed by atoms with van der Waals surface area (Å²) in [6.07, 6.45) is 10.6. The van der Waals surface area contributed by atoms with Crippen LogP contribution in [0.4, 0.5) is 0 Å². The summed E-state index contributed by atoms with van der Waals surface area (Å²) < 4.78 is 11.7. The molecule has 0 bridgehead atoms. The maximum atomic E-state index is 6.06. The first-order valence-corrected chi connectivity index (χ1v) is 11.7. The molecule has 0 aromatic heterocycles. The second-order valence-corrected chi connectivity index (χ2v) is 8.49. The van der Waals surface area contributed by atoms with Crippen LogP contribution in [0, 0.1) is 23.7 Å². The number of hydrogen-bond acceptors (Lipinski definition) is 2. The molecule has 0 N–H and O–H groups in total. The molecule has 160 valence electrons. The molecule has 3 rings (SSSR count). The van der Waals surface area contributed by atoms with Gasteiger partial charge in [0.05, 0.1) is 13.2 Å². The Hall–Kier alpha value is -2.40. The highest BCUT2D eigenvalue weighted by atomic mass is 16.5. The lowest BCUT2D eigenvalue weighted by Crippen LogP contribution is -2.20. The Labute approximate surface area is 183 Å². The van der Waals surface area contributed by atoms with Crippen LogP contribution >= 0.6 is 0 Å². The van der Waals surface area contributed by atoms with Gasteiger partial charge < -0.3 is 9.47 Å². The molecular weight excluding hydrogens is 368 g/mol. The number of ether oxygens (including phenoxy) is 2. The Morgan fingerprint density at radius 1 is 0.700 bits per heavy atom. The van der Waals surface area contributed by atoms with Crippen LogP contribution in [0.1, 0.15) is 76.3 Å². The van der Waals surface area contributed by atoms with Crippen LogP contribution < -0.4 is 9.47 Å². The maximum Gasteiger partial charge on any atom is 0.119 e. The summed E-state index contributed by atoms with van der Waals surface area (Å²) in [6, 6.07) is 16.1. The number of unbranched alkanes of at least 4 members (excludes halogenated alkanes) is 1. The van der Waals surface area contributed by atoms with Crippen molar-refractivity contribution in [2.24, 2.45) is 11.8 Å². The standard InChI is InChI=1S/C28H36O2/c1-3-5-6-23-9-11-26(12-10-23)22-30-28-19-15-25(16-20-28)8-7-24-13-17-27(18-14-24)29-21-4-2/h13-20,23,26H,3-6,9-12,21-22H2,1-2H3. The van der Waals surface area contributed by atoms with Gasteiger partial charge in [-0.1, -0.05) is 57.8 Å². The first-order valence-electron chi connectivity index (χ1n) is 11.7. The van der Waals surface area contributed by atoms with Crippen LogP contribution in [0.3, 0.4) is 0 Å². The lowest BCUT2D eigenvalue weighted by Gasteiger charge is -2.28. The van der Waals surface area contributed by atoms with E-state index in [-0.39, 0.29) is 0 Å². The largest absolute Gasteiger partial charge is 0.494 e. The van der Waals surface area contributed by atoms with E-state index in [2.05, 4.69) is 25.7 Å². The number of benzene rings is 2. The van der Waals surface area contributed by atoms with Crippen molar-refractivity contribution >= 4 is 0 Å². The van der Waals surface area contributed by atoms with Crippen molar-refractivity contribution in [3.8, 4) is 23.3 Å².